The van der Waals surface area contributed by atoms with Crippen molar-refractivity contribution in [3.8, 4) is 17.4 Å². The summed E-state index contributed by atoms with van der Waals surface area (Å²) in [4.78, 5) is 20.3. The lowest BCUT2D eigenvalue weighted by molar-refractivity contribution is -0.137. The number of urea groups is 1. The number of carbonyl (C=O) groups is 1. The Morgan fingerprint density at radius 1 is 1.06 bits per heavy atom. The van der Waals surface area contributed by atoms with Crippen LogP contribution in [0.1, 0.15) is 5.56 Å². The van der Waals surface area contributed by atoms with Gasteiger partial charge in [-0.1, -0.05) is 6.07 Å². The number of hydrogen-bond donors (Lipinski definition) is 3. The molecule has 1 aliphatic rings. The fourth-order valence-electron chi connectivity index (χ4n) is 2.79. The van der Waals surface area contributed by atoms with Gasteiger partial charge in [-0.2, -0.15) is 18.2 Å². The van der Waals surface area contributed by atoms with Crippen LogP contribution in [0.25, 0.3) is 0 Å². The smallest absolute Gasteiger partial charge is 0.416 e. The molecular weight excluding hydrogens is 415 g/mol. The van der Waals surface area contributed by atoms with Gasteiger partial charge >= 0.3 is 12.2 Å². The topological polar surface area (TPSA) is 97.4 Å². The molecule has 160 valence electrons. The van der Waals surface area contributed by atoms with Gasteiger partial charge in [-0.3, -0.25) is 0 Å². The summed E-state index contributed by atoms with van der Waals surface area (Å²) < 4.78 is 49.6. The molecule has 2 aromatic carbocycles. The number of anilines is 3. The van der Waals surface area contributed by atoms with Crippen molar-refractivity contribution in [2.24, 2.45) is 0 Å². The van der Waals surface area contributed by atoms with Crippen LogP contribution in [0.5, 0.6) is 17.4 Å². The highest BCUT2D eigenvalue weighted by Crippen LogP contribution is 2.36. The predicted molar refractivity (Wildman–Crippen MR) is 107 cm³/mol. The van der Waals surface area contributed by atoms with Crippen molar-refractivity contribution >= 4 is 23.2 Å². The molecule has 0 aliphatic carbocycles. The summed E-state index contributed by atoms with van der Waals surface area (Å²) in [5, 5.41) is 7.99. The lowest BCUT2D eigenvalue weighted by Gasteiger charge is -2.19. The molecule has 31 heavy (non-hydrogen) atoms. The van der Waals surface area contributed by atoms with E-state index in [-0.39, 0.29) is 11.6 Å². The van der Waals surface area contributed by atoms with Crippen molar-refractivity contribution in [1.82, 2.24) is 9.97 Å². The second-order valence-corrected chi connectivity index (χ2v) is 6.42. The zero-order valence-corrected chi connectivity index (χ0v) is 15.9. The highest BCUT2D eigenvalue weighted by Gasteiger charge is 2.30. The minimum absolute atomic E-state index is 0.0226. The summed E-state index contributed by atoms with van der Waals surface area (Å²) in [6, 6.07) is 10.0. The second-order valence-electron chi connectivity index (χ2n) is 6.42. The van der Waals surface area contributed by atoms with E-state index in [0.717, 1.165) is 12.1 Å². The molecule has 11 heteroatoms. The standard InChI is InChI=1S/C20H16F3N5O3/c21-20(22,23)12-2-1-3-14(10-12)28-19(29)27-13-4-6-15(7-5-13)31-18-16-17(25-11-26-18)24-8-9-30-16/h1-7,10-11H,8-9H2,(H,24,25,26)(H2,27,28,29). The van der Waals surface area contributed by atoms with Crippen LogP contribution in [-0.2, 0) is 6.18 Å². The van der Waals surface area contributed by atoms with Crippen LogP contribution in [0.15, 0.2) is 54.9 Å². The largest absolute Gasteiger partial charge is 0.483 e. The summed E-state index contributed by atoms with van der Waals surface area (Å²) in [6.45, 7) is 1.09. The molecule has 0 saturated heterocycles. The van der Waals surface area contributed by atoms with Crippen molar-refractivity contribution in [3.63, 3.8) is 0 Å². The third kappa shape index (κ3) is 4.94. The first-order valence-electron chi connectivity index (χ1n) is 9.13. The van der Waals surface area contributed by atoms with E-state index in [2.05, 4.69) is 25.9 Å². The van der Waals surface area contributed by atoms with Crippen LogP contribution in [0.4, 0.5) is 35.2 Å². The molecule has 8 nitrogen and oxygen atoms in total. The van der Waals surface area contributed by atoms with Gasteiger partial charge in [0.1, 0.15) is 18.7 Å². The quantitative estimate of drug-likeness (QED) is 0.552. The normalized spacial score (nSPS) is 12.7. The minimum Gasteiger partial charge on any atom is -0.483 e. The highest BCUT2D eigenvalue weighted by atomic mass is 19.4. The number of halogens is 3. The zero-order chi connectivity index (χ0) is 21.8. The van der Waals surface area contributed by atoms with E-state index >= 15 is 0 Å². The highest BCUT2D eigenvalue weighted by molar-refractivity contribution is 5.99. The molecule has 2 amide bonds. The van der Waals surface area contributed by atoms with E-state index in [4.69, 9.17) is 9.47 Å². The van der Waals surface area contributed by atoms with Gasteiger partial charge < -0.3 is 25.4 Å². The third-order valence-electron chi connectivity index (χ3n) is 4.19. The first kappa shape index (κ1) is 20.3. The molecule has 4 rings (SSSR count). The molecule has 2 heterocycles. The molecule has 0 saturated carbocycles. The molecule has 3 aromatic rings. The number of alkyl halides is 3. The Morgan fingerprint density at radius 3 is 2.61 bits per heavy atom. The van der Waals surface area contributed by atoms with Crippen LogP contribution in [0, 0.1) is 0 Å². The van der Waals surface area contributed by atoms with Crippen molar-refractivity contribution in [1.29, 1.82) is 0 Å². The molecule has 0 radical (unpaired) electrons. The summed E-state index contributed by atoms with van der Waals surface area (Å²) in [5.41, 5.74) is -0.410. The number of fused-ring (bicyclic) bond motifs is 1. The number of benzene rings is 2. The monoisotopic (exact) mass is 431 g/mol. The maximum absolute atomic E-state index is 12.8. The zero-order valence-electron chi connectivity index (χ0n) is 15.9. The van der Waals surface area contributed by atoms with Gasteiger partial charge in [-0.15, -0.1) is 0 Å². The fourth-order valence-corrected chi connectivity index (χ4v) is 2.79. The summed E-state index contributed by atoms with van der Waals surface area (Å²) in [6.07, 6.45) is -3.14. The van der Waals surface area contributed by atoms with Gasteiger partial charge in [0.25, 0.3) is 5.88 Å². The molecular formula is C20H16F3N5O3. The van der Waals surface area contributed by atoms with Crippen molar-refractivity contribution in [2.75, 3.05) is 29.1 Å². The van der Waals surface area contributed by atoms with Crippen LogP contribution in [-0.4, -0.2) is 29.2 Å². The van der Waals surface area contributed by atoms with E-state index < -0.39 is 17.8 Å². The number of nitrogens with zero attached hydrogens (tertiary/aromatic N) is 2. The van der Waals surface area contributed by atoms with Gasteiger partial charge in [-0.05, 0) is 42.5 Å². The first-order chi connectivity index (χ1) is 14.9. The molecule has 0 fully saturated rings. The average Bonchev–Trinajstić information content (AvgIpc) is 2.75. The molecule has 1 aromatic heterocycles. The Balaban J connectivity index is 1.38. The van der Waals surface area contributed by atoms with E-state index in [1.54, 1.807) is 24.3 Å². The fraction of sp³-hybridized carbons (Fsp3) is 0.150. The maximum Gasteiger partial charge on any atom is 0.416 e. The van der Waals surface area contributed by atoms with E-state index in [9.17, 15) is 18.0 Å². The van der Waals surface area contributed by atoms with Crippen molar-refractivity contribution in [3.05, 3.63) is 60.4 Å². The average molecular weight is 431 g/mol. The SMILES string of the molecule is O=C(Nc1ccc(Oc2ncnc3c2OCCN3)cc1)Nc1cccc(C(F)(F)F)c1. The van der Waals surface area contributed by atoms with Crippen molar-refractivity contribution in [2.45, 2.75) is 6.18 Å². The molecule has 0 unspecified atom stereocenters. The van der Waals surface area contributed by atoms with Gasteiger partial charge in [0, 0.05) is 11.4 Å². The molecule has 0 spiro atoms. The lowest BCUT2D eigenvalue weighted by atomic mass is 10.2. The number of ether oxygens (including phenoxy) is 2. The maximum atomic E-state index is 12.8. The number of amides is 2. The molecule has 0 atom stereocenters. The Kier molecular flexibility index (Phi) is 5.48. The number of nitrogens with one attached hydrogen (secondary N) is 3. The summed E-state index contributed by atoms with van der Waals surface area (Å²) >= 11 is 0. The Morgan fingerprint density at radius 2 is 1.84 bits per heavy atom. The number of aromatic nitrogens is 2. The van der Waals surface area contributed by atoms with Gasteiger partial charge in [0.15, 0.2) is 5.82 Å². The van der Waals surface area contributed by atoms with Crippen molar-refractivity contribution < 1.29 is 27.4 Å². The third-order valence-corrected chi connectivity index (χ3v) is 4.19. The number of rotatable bonds is 4. The van der Waals surface area contributed by atoms with Gasteiger partial charge in [-0.25, -0.2) is 9.78 Å². The summed E-state index contributed by atoms with van der Waals surface area (Å²) in [7, 11) is 0. The Bertz CT molecular complexity index is 1090. The first-order valence-corrected chi connectivity index (χ1v) is 9.13. The van der Waals surface area contributed by atoms with Crippen LogP contribution in [0.3, 0.4) is 0 Å². The van der Waals surface area contributed by atoms with Crippen LogP contribution < -0.4 is 25.4 Å². The van der Waals surface area contributed by atoms with Crippen LogP contribution in [0.2, 0.25) is 0 Å². The van der Waals surface area contributed by atoms with Gasteiger partial charge in [0.2, 0.25) is 5.75 Å². The predicted octanol–water partition coefficient (Wildman–Crippen LogP) is 4.74. The minimum atomic E-state index is -4.49. The van der Waals surface area contributed by atoms with E-state index in [0.29, 0.717) is 36.2 Å². The van der Waals surface area contributed by atoms with E-state index in [1.165, 1.54) is 18.5 Å². The Hall–Kier alpha value is -4.02. The second kappa shape index (κ2) is 8.38. The van der Waals surface area contributed by atoms with Crippen LogP contribution >= 0.6 is 0 Å². The van der Waals surface area contributed by atoms with Gasteiger partial charge in [0.05, 0.1) is 12.1 Å². The molecule has 0 bridgehead atoms. The Labute approximate surface area is 174 Å². The number of hydrogen-bond acceptors (Lipinski definition) is 6. The van der Waals surface area contributed by atoms with E-state index in [1.807, 2.05) is 0 Å². The lowest BCUT2D eigenvalue weighted by Crippen LogP contribution is -2.20. The molecule has 1 aliphatic heterocycles. The number of carbonyl (C=O) groups excluding carboxylic acids is 1. The molecule has 3 N–H and O–H groups in total. The summed E-state index contributed by atoms with van der Waals surface area (Å²) in [5.74, 6) is 1.65.